The van der Waals surface area contributed by atoms with Crippen LogP contribution in [-0.4, -0.2) is 16.2 Å². The first-order valence-electron chi connectivity index (χ1n) is 8.87. The summed E-state index contributed by atoms with van der Waals surface area (Å²) in [7, 11) is 0. The predicted molar refractivity (Wildman–Crippen MR) is 97.8 cm³/mol. The van der Waals surface area contributed by atoms with E-state index < -0.39 is 0 Å². The van der Waals surface area contributed by atoms with Gasteiger partial charge in [-0.2, -0.15) is 5.16 Å². The summed E-state index contributed by atoms with van der Waals surface area (Å²) in [6, 6.07) is 15.6. The van der Waals surface area contributed by atoms with Crippen molar-refractivity contribution in [1.29, 1.82) is 0 Å². The van der Waals surface area contributed by atoms with Crippen molar-refractivity contribution in [1.82, 2.24) is 15.5 Å². The Hall–Kier alpha value is -2.86. The zero-order chi connectivity index (χ0) is 17.8. The molecule has 0 atom stereocenters. The van der Waals surface area contributed by atoms with Gasteiger partial charge in [-0.25, -0.2) is 4.98 Å². The Kier molecular flexibility index (Phi) is 4.84. The zero-order valence-electron chi connectivity index (χ0n) is 14.4. The fourth-order valence-corrected chi connectivity index (χ4v) is 2.83. The first-order valence-corrected chi connectivity index (χ1v) is 8.87. The lowest BCUT2D eigenvalue weighted by Crippen LogP contribution is -2.24. The topological polar surface area (TPSA) is 80.2 Å². The summed E-state index contributed by atoms with van der Waals surface area (Å²) in [5.74, 6) is 1.30. The summed E-state index contributed by atoms with van der Waals surface area (Å²) in [5, 5.41) is 5.52. The molecule has 3 aromatic rings. The van der Waals surface area contributed by atoms with E-state index in [0.29, 0.717) is 30.8 Å². The molecule has 26 heavy (non-hydrogen) atoms. The lowest BCUT2D eigenvalue weighted by atomic mass is 9.96. The minimum atomic E-state index is -0.220. The Morgan fingerprint density at radius 1 is 1.15 bits per heavy atom. The Balaban J connectivity index is 1.36. The number of H-pyrrole nitrogens is 1. The molecule has 134 valence electrons. The van der Waals surface area contributed by atoms with E-state index in [0.717, 1.165) is 29.7 Å². The highest BCUT2D eigenvalue weighted by Crippen LogP contribution is 2.26. The normalized spacial score (nSPS) is 14.2. The van der Waals surface area contributed by atoms with Gasteiger partial charge in [0, 0.05) is 24.2 Å². The van der Waals surface area contributed by atoms with Crippen molar-refractivity contribution in [2.24, 2.45) is 0 Å². The van der Waals surface area contributed by atoms with Gasteiger partial charge in [0.25, 0.3) is 5.56 Å². The van der Waals surface area contributed by atoms with Gasteiger partial charge in [-0.3, -0.25) is 4.79 Å². The van der Waals surface area contributed by atoms with E-state index >= 15 is 0 Å². The van der Waals surface area contributed by atoms with Gasteiger partial charge in [0.2, 0.25) is 5.88 Å². The highest BCUT2D eigenvalue weighted by atomic mass is 16.5. The number of ether oxygens (including phenoxy) is 1. The summed E-state index contributed by atoms with van der Waals surface area (Å²) in [5.41, 5.74) is 2.90. The van der Waals surface area contributed by atoms with Crippen LogP contribution in [0.15, 0.2) is 57.8 Å². The molecule has 0 unspecified atom stereocenters. The second-order valence-electron chi connectivity index (χ2n) is 6.51. The van der Waals surface area contributed by atoms with Crippen LogP contribution >= 0.6 is 0 Å². The number of pyridine rings is 1. The molecule has 0 aliphatic heterocycles. The highest BCUT2D eigenvalue weighted by molar-refractivity contribution is 5.59. The smallest absolute Gasteiger partial charge is 0.280 e. The molecule has 0 spiro atoms. The lowest BCUT2D eigenvalue weighted by molar-refractivity contribution is 0.115. The van der Waals surface area contributed by atoms with Gasteiger partial charge in [-0.05, 0) is 30.9 Å². The summed E-state index contributed by atoms with van der Waals surface area (Å²) in [6.45, 7) is 1.19. The van der Waals surface area contributed by atoms with Crippen molar-refractivity contribution in [2.45, 2.75) is 38.5 Å². The Morgan fingerprint density at radius 3 is 2.69 bits per heavy atom. The van der Waals surface area contributed by atoms with E-state index in [1.54, 1.807) is 0 Å². The third-order valence-electron chi connectivity index (χ3n) is 4.52. The number of hydrogen-bond acceptors (Lipinski definition) is 5. The molecule has 6 heteroatoms. The average Bonchev–Trinajstić information content (AvgIpc) is 3.04. The monoisotopic (exact) mass is 351 g/mol. The summed E-state index contributed by atoms with van der Waals surface area (Å²) < 4.78 is 10.9. The fraction of sp³-hybridized carbons (Fsp3) is 0.300. The molecule has 0 saturated heterocycles. The van der Waals surface area contributed by atoms with Crippen LogP contribution in [0.2, 0.25) is 0 Å². The number of nitrogens with zero attached hydrogens (tertiary/aromatic N) is 1. The van der Waals surface area contributed by atoms with Gasteiger partial charge in [-0.15, -0.1) is 0 Å². The van der Waals surface area contributed by atoms with Gasteiger partial charge in [0.15, 0.2) is 5.76 Å². The number of aromatic nitrogens is 2. The van der Waals surface area contributed by atoms with Crippen molar-refractivity contribution in [3.63, 3.8) is 0 Å². The Bertz CT molecular complexity index is 910. The molecule has 4 rings (SSSR count). The SMILES string of the molecule is O=c1cc(CNCc2ccc(-c3cccc(OC4CCC4)n3)cc2)o[nH]1. The second-order valence-corrected chi connectivity index (χ2v) is 6.51. The van der Waals surface area contributed by atoms with Crippen LogP contribution < -0.4 is 15.6 Å². The number of nitrogens with one attached hydrogen (secondary N) is 2. The van der Waals surface area contributed by atoms with Crippen molar-refractivity contribution >= 4 is 0 Å². The highest BCUT2D eigenvalue weighted by Gasteiger charge is 2.19. The van der Waals surface area contributed by atoms with E-state index in [2.05, 4.69) is 39.7 Å². The van der Waals surface area contributed by atoms with Gasteiger partial charge in [0.1, 0.15) is 6.10 Å². The zero-order valence-corrected chi connectivity index (χ0v) is 14.4. The van der Waals surface area contributed by atoms with E-state index in [9.17, 15) is 4.79 Å². The summed E-state index contributed by atoms with van der Waals surface area (Å²) in [4.78, 5) is 15.6. The number of rotatable bonds is 7. The van der Waals surface area contributed by atoms with Crippen LogP contribution in [0.1, 0.15) is 30.6 Å². The van der Waals surface area contributed by atoms with Gasteiger partial charge in [0.05, 0.1) is 12.2 Å². The molecule has 2 heterocycles. The van der Waals surface area contributed by atoms with Crippen LogP contribution in [0.4, 0.5) is 0 Å². The van der Waals surface area contributed by atoms with E-state index in [1.807, 2.05) is 18.2 Å². The third kappa shape index (κ3) is 4.03. The molecule has 6 nitrogen and oxygen atoms in total. The molecule has 0 radical (unpaired) electrons. The summed E-state index contributed by atoms with van der Waals surface area (Å²) in [6.07, 6.45) is 3.82. The fourth-order valence-electron chi connectivity index (χ4n) is 2.83. The van der Waals surface area contributed by atoms with Crippen molar-refractivity contribution in [2.75, 3.05) is 0 Å². The van der Waals surface area contributed by atoms with Crippen LogP contribution in [0, 0.1) is 0 Å². The Morgan fingerprint density at radius 2 is 2.00 bits per heavy atom. The quantitative estimate of drug-likeness (QED) is 0.683. The maximum atomic E-state index is 11.0. The molecule has 0 bridgehead atoms. The van der Waals surface area contributed by atoms with E-state index in [1.165, 1.54) is 12.5 Å². The molecular weight excluding hydrogens is 330 g/mol. The second kappa shape index (κ2) is 7.58. The molecule has 1 saturated carbocycles. The molecule has 1 aliphatic carbocycles. The standard InChI is InChI=1S/C20H21N3O3/c24-19-11-17(26-23-19)13-21-12-14-7-9-15(10-8-14)18-5-2-6-20(22-18)25-16-3-1-4-16/h2,5-11,16,21H,1,3-4,12-13H2,(H,23,24). The third-order valence-corrected chi connectivity index (χ3v) is 4.52. The minimum Gasteiger partial charge on any atom is -0.474 e. The van der Waals surface area contributed by atoms with Crippen LogP contribution in [0.3, 0.4) is 0 Å². The van der Waals surface area contributed by atoms with Crippen LogP contribution in [-0.2, 0) is 13.1 Å². The minimum absolute atomic E-state index is 0.220. The summed E-state index contributed by atoms with van der Waals surface area (Å²) >= 11 is 0. The van der Waals surface area contributed by atoms with Gasteiger partial charge in [-0.1, -0.05) is 30.3 Å². The van der Waals surface area contributed by atoms with Gasteiger partial charge >= 0.3 is 0 Å². The Labute approximate surface area is 151 Å². The maximum Gasteiger partial charge on any atom is 0.280 e. The van der Waals surface area contributed by atoms with E-state index in [-0.39, 0.29) is 5.56 Å². The van der Waals surface area contributed by atoms with Crippen molar-refractivity contribution in [3.8, 4) is 17.1 Å². The molecular formula is C20H21N3O3. The largest absolute Gasteiger partial charge is 0.474 e. The molecule has 2 N–H and O–H groups in total. The van der Waals surface area contributed by atoms with Crippen LogP contribution in [0.5, 0.6) is 5.88 Å². The maximum absolute atomic E-state index is 11.0. The first kappa shape index (κ1) is 16.6. The molecule has 2 aromatic heterocycles. The molecule has 1 aliphatic rings. The van der Waals surface area contributed by atoms with E-state index in [4.69, 9.17) is 9.26 Å². The predicted octanol–water partition coefficient (Wildman–Crippen LogP) is 3.25. The van der Waals surface area contributed by atoms with Gasteiger partial charge < -0.3 is 14.6 Å². The number of aromatic amines is 1. The van der Waals surface area contributed by atoms with Crippen molar-refractivity contribution < 1.29 is 9.26 Å². The first-order chi connectivity index (χ1) is 12.8. The molecule has 0 amide bonds. The average molecular weight is 351 g/mol. The van der Waals surface area contributed by atoms with Crippen LogP contribution in [0.25, 0.3) is 11.3 Å². The van der Waals surface area contributed by atoms with Crippen molar-refractivity contribution in [3.05, 3.63) is 70.2 Å². The lowest BCUT2D eigenvalue weighted by Gasteiger charge is -2.25. The molecule has 1 fully saturated rings. The number of hydrogen-bond donors (Lipinski definition) is 2. The number of benzene rings is 1. The molecule has 1 aromatic carbocycles.